The lowest BCUT2D eigenvalue weighted by molar-refractivity contribution is -0.121. The van der Waals surface area contributed by atoms with Gasteiger partial charge in [0.2, 0.25) is 5.91 Å². The number of hydrogen-bond donors (Lipinski definition) is 2. The number of amides is 1. The number of hydrogen-bond acceptors (Lipinski definition) is 2. The Hall–Kier alpha value is -2.27. The first kappa shape index (κ1) is 16.1. The fraction of sp³-hybridized carbons (Fsp3) is 0.235. The summed E-state index contributed by atoms with van der Waals surface area (Å²) in [6.45, 7) is 0.0295. The maximum absolute atomic E-state index is 13.4. The Kier molecular flexibility index (Phi) is 5.61. The zero-order valence-corrected chi connectivity index (χ0v) is 11.9. The zero-order chi connectivity index (χ0) is 15.9. The number of aliphatic hydroxyl groups excluding tert-OH is 1. The molecule has 2 N–H and O–H groups in total. The lowest BCUT2D eigenvalue weighted by Crippen LogP contribution is -2.28. The number of aliphatic hydroxyl groups is 1. The lowest BCUT2D eigenvalue weighted by Gasteiger charge is -2.12. The topological polar surface area (TPSA) is 49.3 Å². The summed E-state index contributed by atoms with van der Waals surface area (Å²) in [5.74, 6) is -0.990. The first-order valence-electron chi connectivity index (χ1n) is 7.00. The Morgan fingerprint density at radius 3 is 2.45 bits per heavy atom. The van der Waals surface area contributed by atoms with E-state index in [4.69, 9.17) is 0 Å². The normalized spacial score (nSPS) is 12.0. The summed E-state index contributed by atoms with van der Waals surface area (Å²) in [5.41, 5.74) is 1.01. The van der Waals surface area contributed by atoms with E-state index in [-0.39, 0.29) is 30.5 Å². The second-order valence-corrected chi connectivity index (χ2v) is 4.96. The molecule has 0 spiro atoms. The monoisotopic (exact) mass is 305 g/mol. The van der Waals surface area contributed by atoms with Crippen molar-refractivity contribution in [3.63, 3.8) is 0 Å². The molecule has 22 heavy (non-hydrogen) atoms. The molecule has 0 saturated heterocycles. The van der Waals surface area contributed by atoms with Crippen molar-refractivity contribution in [2.24, 2.45) is 0 Å². The third-order valence-electron chi connectivity index (χ3n) is 3.33. The predicted octanol–water partition coefficient (Wildman–Crippen LogP) is 2.75. The highest BCUT2D eigenvalue weighted by atomic mass is 19.1. The van der Waals surface area contributed by atoms with E-state index in [0.29, 0.717) is 17.5 Å². The van der Waals surface area contributed by atoms with Crippen LogP contribution in [0.4, 0.5) is 8.78 Å². The number of nitrogens with one attached hydrogen (secondary N) is 1. The summed E-state index contributed by atoms with van der Waals surface area (Å²) in [4.78, 5) is 11.7. The van der Waals surface area contributed by atoms with Crippen LogP contribution in [0.25, 0.3) is 0 Å². The SMILES string of the molecule is O=C(CCc1ccccc1F)NCC(O)c1ccc(F)cc1. The molecule has 1 atom stereocenters. The number of benzene rings is 2. The average molecular weight is 305 g/mol. The number of carbonyl (C=O) groups is 1. The van der Waals surface area contributed by atoms with Crippen LogP contribution < -0.4 is 5.32 Å². The van der Waals surface area contributed by atoms with E-state index in [0.717, 1.165) is 0 Å². The van der Waals surface area contributed by atoms with E-state index in [1.165, 1.54) is 30.3 Å². The van der Waals surface area contributed by atoms with Crippen molar-refractivity contribution in [1.82, 2.24) is 5.32 Å². The molecule has 3 nitrogen and oxygen atoms in total. The smallest absolute Gasteiger partial charge is 0.220 e. The van der Waals surface area contributed by atoms with Gasteiger partial charge in [0.15, 0.2) is 0 Å². The van der Waals surface area contributed by atoms with Gasteiger partial charge in [-0.15, -0.1) is 0 Å². The molecule has 2 rings (SSSR count). The van der Waals surface area contributed by atoms with Crippen LogP contribution in [0.15, 0.2) is 48.5 Å². The largest absolute Gasteiger partial charge is 0.387 e. The van der Waals surface area contributed by atoms with Crippen molar-refractivity contribution < 1.29 is 18.7 Å². The van der Waals surface area contributed by atoms with Gasteiger partial charge in [0, 0.05) is 13.0 Å². The molecule has 5 heteroatoms. The second kappa shape index (κ2) is 7.66. The van der Waals surface area contributed by atoms with Crippen molar-refractivity contribution in [3.8, 4) is 0 Å². The van der Waals surface area contributed by atoms with E-state index in [2.05, 4.69) is 5.32 Å². The quantitative estimate of drug-likeness (QED) is 0.862. The van der Waals surface area contributed by atoms with Gasteiger partial charge < -0.3 is 10.4 Å². The van der Waals surface area contributed by atoms with Crippen molar-refractivity contribution in [2.45, 2.75) is 18.9 Å². The summed E-state index contributed by atoms with van der Waals surface area (Å²) in [6, 6.07) is 11.7. The molecule has 2 aromatic rings. The van der Waals surface area contributed by atoms with E-state index >= 15 is 0 Å². The molecule has 0 fully saturated rings. The average Bonchev–Trinajstić information content (AvgIpc) is 2.52. The van der Waals surface area contributed by atoms with Gasteiger partial charge in [-0.3, -0.25) is 4.79 Å². The van der Waals surface area contributed by atoms with Crippen LogP contribution in [-0.4, -0.2) is 17.6 Å². The molecule has 0 radical (unpaired) electrons. The van der Waals surface area contributed by atoms with Gasteiger partial charge in [-0.1, -0.05) is 30.3 Å². The maximum atomic E-state index is 13.4. The third kappa shape index (κ3) is 4.63. The fourth-order valence-electron chi connectivity index (χ4n) is 2.05. The highest BCUT2D eigenvalue weighted by molar-refractivity contribution is 5.76. The van der Waals surface area contributed by atoms with E-state index in [1.54, 1.807) is 18.2 Å². The maximum Gasteiger partial charge on any atom is 0.220 e. The fourth-order valence-corrected chi connectivity index (χ4v) is 2.05. The van der Waals surface area contributed by atoms with Gasteiger partial charge in [-0.2, -0.15) is 0 Å². The van der Waals surface area contributed by atoms with Crippen LogP contribution in [0.1, 0.15) is 23.7 Å². The van der Waals surface area contributed by atoms with Crippen LogP contribution in [0.3, 0.4) is 0 Å². The highest BCUT2D eigenvalue weighted by Gasteiger charge is 2.10. The minimum atomic E-state index is -0.905. The zero-order valence-electron chi connectivity index (χ0n) is 11.9. The summed E-state index contributed by atoms with van der Waals surface area (Å²) in [7, 11) is 0. The predicted molar refractivity (Wildman–Crippen MR) is 79.1 cm³/mol. The lowest BCUT2D eigenvalue weighted by atomic mass is 10.1. The summed E-state index contributed by atoms with van der Waals surface area (Å²) in [6.07, 6.45) is -0.472. The Morgan fingerprint density at radius 1 is 1.09 bits per heavy atom. The van der Waals surface area contributed by atoms with E-state index in [1.807, 2.05) is 0 Å². The Morgan fingerprint density at radius 2 is 1.77 bits per heavy atom. The standard InChI is InChI=1S/C17H17F2NO2/c18-14-8-5-13(6-9-14)16(21)11-20-17(22)10-7-12-3-1-2-4-15(12)19/h1-6,8-9,16,21H,7,10-11H2,(H,20,22). The minimum Gasteiger partial charge on any atom is -0.387 e. The first-order chi connectivity index (χ1) is 10.6. The van der Waals surface area contributed by atoms with Crippen LogP contribution in [0.5, 0.6) is 0 Å². The number of halogens is 2. The molecule has 1 amide bonds. The van der Waals surface area contributed by atoms with Crippen LogP contribution >= 0.6 is 0 Å². The molecule has 1 unspecified atom stereocenters. The van der Waals surface area contributed by atoms with Gasteiger partial charge in [0.05, 0.1) is 6.10 Å². The first-order valence-corrected chi connectivity index (χ1v) is 7.00. The third-order valence-corrected chi connectivity index (χ3v) is 3.33. The molecular weight excluding hydrogens is 288 g/mol. The molecule has 116 valence electrons. The van der Waals surface area contributed by atoms with E-state index in [9.17, 15) is 18.7 Å². The molecule has 0 saturated carbocycles. The Balaban J connectivity index is 1.78. The minimum absolute atomic E-state index is 0.0295. The van der Waals surface area contributed by atoms with Crippen LogP contribution in [0.2, 0.25) is 0 Å². The van der Waals surface area contributed by atoms with Crippen molar-refractivity contribution in [3.05, 3.63) is 71.3 Å². The highest BCUT2D eigenvalue weighted by Crippen LogP contribution is 2.13. The Bertz CT molecular complexity index is 629. The number of carbonyl (C=O) groups excluding carboxylic acids is 1. The second-order valence-electron chi connectivity index (χ2n) is 4.96. The number of aryl methyl sites for hydroxylation is 1. The molecular formula is C17H17F2NO2. The summed E-state index contributed by atoms with van der Waals surface area (Å²) >= 11 is 0. The van der Waals surface area contributed by atoms with Crippen molar-refractivity contribution in [1.29, 1.82) is 0 Å². The molecule has 0 aromatic heterocycles. The molecule has 0 bridgehead atoms. The van der Waals surface area contributed by atoms with Crippen molar-refractivity contribution in [2.75, 3.05) is 6.54 Å². The molecule has 0 aliphatic carbocycles. The van der Waals surface area contributed by atoms with Gasteiger partial charge >= 0.3 is 0 Å². The molecule has 0 aliphatic heterocycles. The summed E-state index contributed by atoms with van der Waals surface area (Å²) in [5, 5.41) is 12.5. The van der Waals surface area contributed by atoms with Crippen molar-refractivity contribution >= 4 is 5.91 Å². The van der Waals surface area contributed by atoms with Gasteiger partial charge in [-0.05, 0) is 35.7 Å². The molecule has 0 aliphatic rings. The Labute approximate surface area is 127 Å². The van der Waals surface area contributed by atoms with Gasteiger partial charge in [0.25, 0.3) is 0 Å². The number of rotatable bonds is 6. The van der Waals surface area contributed by atoms with E-state index < -0.39 is 6.10 Å². The van der Waals surface area contributed by atoms with Gasteiger partial charge in [-0.25, -0.2) is 8.78 Å². The summed E-state index contributed by atoms with van der Waals surface area (Å²) < 4.78 is 26.2. The molecule has 2 aromatic carbocycles. The van der Waals surface area contributed by atoms with Gasteiger partial charge in [0.1, 0.15) is 11.6 Å². The molecule has 0 heterocycles. The van der Waals surface area contributed by atoms with Crippen LogP contribution in [-0.2, 0) is 11.2 Å². The van der Waals surface area contributed by atoms with Crippen LogP contribution in [0, 0.1) is 11.6 Å².